The van der Waals surface area contributed by atoms with Crippen molar-refractivity contribution in [1.82, 2.24) is 0 Å². The molecule has 0 spiro atoms. The van der Waals surface area contributed by atoms with Gasteiger partial charge in [-0.25, -0.2) is 4.39 Å². The van der Waals surface area contributed by atoms with Crippen LogP contribution < -0.4 is 4.74 Å². The number of aryl methyl sites for hydroxylation is 1. The summed E-state index contributed by atoms with van der Waals surface area (Å²) >= 11 is 0. The Kier molecular flexibility index (Phi) is 8.38. The minimum atomic E-state index is -0.347. The van der Waals surface area contributed by atoms with Gasteiger partial charge >= 0.3 is 5.97 Å². The highest BCUT2D eigenvalue weighted by Gasteiger charge is 2.30. The molecule has 2 aliphatic rings. The molecule has 1 aromatic carbocycles. The summed E-state index contributed by atoms with van der Waals surface area (Å²) in [6.45, 7) is 2.28. The van der Waals surface area contributed by atoms with E-state index in [2.05, 4.69) is 6.92 Å². The molecule has 1 aliphatic carbocycles. The summed E-state index contributed by atoms with van der Waals surface area (Å²) in [6.07, 6.45) is 13.8. The van der Waals surface area contributed by atoms with Gasteiger partial charge in [0.25, 0.3) is 0 Å². The molecule has 162 valence electrons. The molecule has 1 saturated carbocycles. The number of cyclic esters (lactones) is 1. The molecule has 2 unspecified atom stereocenters. The SMILES string of the molecule is CCCC1CCC(CCC2CCC(CCc3ccc(OC)c(F)c3)C(=O)O2)CC1. The maximum absolute atomic E-state index is 13.8. The summed E-state index contributed by atoms with van der Waals surface area (Å²) in [4.78, 5) is 12.4. The van der Waals surface area contributed by atoms with Crippen LogP contribution in [0.25, 0.3) is 0 Å². The van der Waals surface area contributed by atoms with Crippen molar-refractivity contribution in [2.24, 2.45) is 17.8 Å². The fourth-order valence-electron chi connectivity index (χ4n) is 5.13. The Morgan fingerprint density at radius 3 is 2.34 bits per heavy atom. The molecule has 0 bridgehead atoms. The average Bonchev–Trinajstić information content (AvgIpc) is 2.73. The van der Waals surface area contributed by atoms with Crippen LogP contribution in [0.2, 0.25) is 0 Å². The van der Waals surface area contributed by atoms with E-state index >= 15 is 0 Å². The van der Waals surface area contributed by atoms with Gasteiger partial charge in [-0.15, -0.1) is 0 Å². The number of methoxy groups -OCH3 is 1. The van der Waals surface area contributed by atoms with Crippen LogP contribution in [0.3, 0.4) is 0 Å². The van der Waals surface area contributed by atoms with Crippen LogP contribution in [0.15, 0.2) is 18.2 Å². The van der Waals surface area contributed by atoms with E-state index in [-0.39, 0.29) is 29.6 Å². The maximum atomic E-state index is 13.8. The Bertz CT molecular complexity index is 651. The molecule has 1 aromatic rings. The van der Waals surface area contributed by atoms with E-state index in [0.29, 0.717) is 6.42 Å². The largest absolute Gasteiger partial charge is 0.494 e. The Hall–Kier alpha value is -1.58. The molecule has 2 fully saturated rings. The van der Waals surface area contributed by atoms with Gasteiger partial charge in [-0.1, -0.05) is 51.5 Å². The van der Waals surface area contributed by atoms with Crippen molar-refractivity contribution in [2.75, 3.05) is 7.11 Å². The molecule has 3 rings (SSSR count). The molecule has 1 saturated heterocycles. The van der Waals surface area contributed by atoms with Crippen molar-refractivity contribution in [1.29, 1.82) is 0 Å². The van der Waals surface area contributed by atoms with Crippen molar-refractivity contribution in [3.05, 3.63) is 29.6 Å². The van der Waals surface area contributed by atoms with E-state index in [4.69, 9.17) is 9.47 Å². The average molecular weight is 405 g/mol. The van der Waals surface area contributed by atoms with Crippen molar-refractivity contribution in [3.8, 4) is 5.75 Å². The molecule has 29 heavy (non-hydrogen) atoms. The molecule has 1 aliphatic heterocycles. The van der Waals surface area contributed by atoms with Crippen molar-refractivity contribution >= 4 is 5.97 Å². The smallest absolute Gasteiger partial charge is 0.309 e. The number of hydrogen-bond donors (Lipinski definition) is 0. The van der Waals surface area contributed by atoms with E-state index in [1.165, 1.54) is 58.1 Å². The number of halogens is 1. The van der Waals surface area contributed by atoms with Crippen LogP contribution >= 0.6 is 0 Å². The van der Waals surface area contributed by atoms with Gasteiger partial charge in [-0.05, 0) is 68.1 Å². The second-order valence-corrected chi connectivity index (χ2v) is 9.09. The molecular formula is C25H37FO3. The summed E-state index contributed by atoms with van der Waals surface area (Å²) < 4.78 is 24.5. The third-order valence-corrected chi connectivity index (χ3v) is 7.01. The fourth-order valence-corrected chi connectivity index (χ4v) is 5.13. The van der Waals surface area contributed by atoms with Gasteiger partial charge in [0.15, 0.2) is 11.6 Å². The van der Waals surface area contributed by atoms with Crippen LogP contribution in [0, 0.1) is 23.6 Å². The zero-order chi connectivity index (χ0) is 20.6. The first-order chi connectivity index (χ1) is 14.1. The van der Waals surface area contributed by atoms with Gasteiger partial charge in [0.05, 0.1) is 13.0 Å². The first-order valence-corrected chi connectivity index (χ1v) is 11.6. The predicted octanol–water partition coefficient (Wildman–Crippen LogP) is 6.48. The molecular weight excluding hydrogens is 367 g/mol. The van der Waals surface area contributed by atoms with Crippen LogP contribution in [0.4, 0.5) is 4.39 Å². The van der Waals surface area contributed by atoms with Crippen LogP contribution in [0.1, 0.15) is 83.1 Å². The number of esters is 1. The standard InChI is InChI=1S/C25H37FO3/c1-3-4-18-5-7-19(8-6-18)10-14-22-15-13-21(25(27)29-22)12-9-20-11-16-24(28-2)23(26)17-20/h11,16-19,21-22H,3-10,12-15H2,1-2H3. The minimum absolute atomic E-state index is 0.0538. The van der Waals surface area contributed by atoms with E-state index in [0.717, 1.165) is 43.1 Å². The number of carbonyl (C=O) groups excluding carboxylic acids is 1. The Labute approximate surface area is 175 Å². The molecule has 1 heterocycles. The third-order valence-electron chi connectivity index (χ3n) is 7.01. The van der Waals surface area contributed by atoms with E-state index < -0.39 is 0 Å². The lowest BCUT2D eigenvalue weighted by molar-refractivity contribution is -0.161. The lowest BCUT2D eigenvalue weighted by Gasteiger charge is -2.31. The van der Waals surface area contributed by atoms with E-state index in [9.17, 15) is 9.18 Å². The number of rotatable bonds is 9. The molecule has 4 heteroatoms. The molecule has 0 radical (unpaired) electrons. The van der Waals surface area contributed by atoms with Gasteiger partial charge < -0.3 is 9.47 Å². The van der Waals surface area contributed by atoms with Crippen LogP contribution in [-0.2, 0) is 16.0 Å². The summed E-state index contributed by atoms with van der Waals surface area (Å²) in [6, 6.07) is 5.02. The molecule has 2 atom stereocenters. The summed E-state index contributed by atoms with van der Waals surface area (Å²) in [5, 5.41) is 0. The first kappa shape index (κ1) is 22.1. The summed E-state index contributed by atoms with van der Waals surface area (Å²) in [5.41, 5.74) is 0.900. The van der Waals surface area contributed by atoms with Gasteiger partial charge in [0, 0.05) is 0 Å². The van der Waals surface area contributed by atoms with Crippen molar-refractivity contribution < 1.29 is 18.7 Å². The topological polar surface area (TPSA) is 35.5 Å². The predicted molar refractivity (Wildman–Crippen MR) is 113 cm³/mol. The Morgan fingerprint density at radius 1 is 1.00 bits per heavy atom. The molecule has 3 nitrogen and oxygen atoms in total. The number of hydrogen-bond acceptors (Lipinski definition) is 3. The number of carbonyl (C=O) groups is 1. The van der Waals surface area contributed by atoms with Gasteiger partial charge in [-0.2, -0.15) is 0 Å². The van der Waals surface area contributed by atoms with Gasteiger partial charge in [0.1, 0.15) is 6.10 Å². The van der Waals surface area contributed by atoms with E-state index in [1.807, 2.05) is 6.07 Å². The van der Waals surface area contributed by atoms with Crippen LogP contribution in [0.5, 0.6) is 5.75 Å². The lowest BCUT2D eigenvalue weighted by atomic mass is 9.78. The summed E-state index contributed by atoms with van der Waals surface area (Å²) in [5.74, 6) is 1.57. The molecule has 0 aromatic heterocycles. The summed E-state index contributed by atoms with van der Waals surface area (Å²) in [7, 11) is 1.46. The lowest BCUT2D eigenvalue weighted by Crippen LogP contribution is -2.32. The van der Waals surface area contributed by atoms with Crippen LogP contribution in [-0.4, -0.2) is 19.2 Å². The first-order valence-electron chi connectivity index (χ1n) is 11.6. The van der Waals surface area contributed by atoms with E-state index in [1.54, 1.807) is 6.07 Å². The Morgan fingerprint density at radius 2 is 1.72 bits per heavy atom. The van der Waals surface area contributed by atoms with Crippen molar-refractivity contribution in [3.63, 3.8) is 0 Å². The monoisotopic (exact) mass is 404 g/mol. The van der Waals surface area contributed by atoms with Crippen molar-refractivity contribution in [2.45, 2.75) is 90.1 Å². The fraction of sp³-hybridized carbons (Fsp3) is 0.720. The highest BCUT2D eigenvalue weighted by molar-refractivity contribution is 5.73. The maximum Gasteiger partial charge on any atom is 0.309 e. The second-order valence-electron chi connectivity index (χ2n) is 9.09. The normalized spacial score (nSPS) is 27.5. The highest BCUT2D eigenvalue weighted by Crippen LogP contribution is 2.35. The zero-order valence-corrected chi connectivity index (χ0v) is 18.1. The van der Waals surface area contributed by atoms with Gasteiger partial charge in [-0.3, -0.25) is 4.79 Å². The number of benzene rings is 1. The third kappa shape index (κ3) is 6.45. The molecule has 0 amide bonds. The highest BCUT2D eigenvalue weighted by atomic mass is 19.1. The van der Waals surface area contributed by atoms with Gasteiger partial charge in [0.2, 0.25) is 0 Å². The quantitative estimate of drug-likeness (QED) is 0.442. The zero-order valence-electron chi connectivity index (χ0n) is 18.1. The number of ether oxygens (including phenoxy) is 2. The second kappa shape index (κ2) is 11.0. The molecule has 0 N–H and O–H groups in total. The minimum Gasteiger partial charge on any atom is -0.494 e. The Balaban J connectivity index is 1.36.